The first-order valence-corrected chi connectivity index (χ1v) is 37.1. The molecular weight excluding hydrogens is 995 g/mol. The predicted octanol–water partition coefficient (Wildman–Crippen LogP) is 24.1. The van der Waals surface area contributed by atoms with Gasteiger partial charge in [-0.2, -0.15) is 0 Å². The van der Waals surface area contributed by atoms with E-state index < -0.39 is 12.1 Å². The molecule has 6 heteroatoms. The standard InChI is InChI=1S/C75H145NO5/c1-3-5-7-9-11-13-15-17-19-21-36-39-43-47-51-55-59-63-67-73(78)72(71-77)76-74(79)68-64-60-56-52-48-44-40-37-34-32-30-28-26-24-22-23-25-27-29-31-33-35-38-42-46-50-54-58-62-66-70-81-75(80)69-65-61-57-53-49-45-41-20-18-16-14-12-10-8-6-4-2/h20,23,25,41,72-73,77-78H,3-19,21-22,24,26-40,42-71H2,1-2H3,(H,76,79)/b25-23-,41-20-. The lowest BCUT2D eigenvalue weighted by atomic mass is 10.0. The first-order chi connectivity index (χ1) is 40.0. The summed E-state index contributed by atoms with van der Waals surface area (Å²) in [5.74, 6) is -0.0188. The van der Waals surface area contributed by atoms with Crippen LogP contribution in [0, 0.1) is 0 Å². The molecule has 0 aromatic rings. The van der Waals surface area contributed by atoms with E-state index in [2.05, 4.69) is 43.5 Å². The molecular formula is C75H145NO5. The van der Waals surface area contributed by atoms with Crippen LogP contribution in [0.3, 0.4) is 0 Å². The normalized spacial score (nSPS) is 12.6. The van der Waals surface area contributed by atoms with Gasteiger partial charge >= 0.3 is 5.97 Å². The molecule has 0 fully saturated rings. The molecule has 0 aromatic heterocycles. The topological polar surface area (TPSA) is 95.9 Å². The third-order valence-corrected chi connectivity index (χ3v) is 17.5. The van der Waals surface area contributed by atoms with Crippen molar-refractivity contribution in [3.05, 3.63) is 24.3 Å². The number of unbranched alkanes of at least 4 members (excludes halogenated alkanes) is 55. The van der Waals surface area contributed by atoms with Gasteiger partial charge in [0.05, 0.1) is 25.4 Å². The van der Waals surface area contributed by atoms with E-state index in [1.54, 1.807) is 0 Å². The van der Waals surface area contributed by atoms with Crippen molar-refractivity contribution in [1.29, 1.82) is 0 Å². The van der Waals surface area contributed by atoms with Crippen LogP contribution in [0.5, 0.6) is 0 Å². The van der Waals surface area contributed by atoms with Crippen LogP contribution in [0.25, 0.3) is 0 Å². The van der Waals surface area contributed by atoms with Gasteiger partial charge < -0.3 is 20.3 Å². The predicted molar refractivity (Wildman–Crippen MR) is 356 cm³/mol. The van der Waals surface area contributed by atoms with Crippen molar-refractivity contribution < 1.29 is 24.5 Å². The SMILES string of the molecule is CCCCCCCCC/C=C\CCCCCCCC(=O)OCCCCCCCCCCCCCC/C=C\CCCCCCCCCCCCCCCCC(=O)NC(CO)C(O)CCCCCCCCCCCCCCCCCCCC. The maximum Gasteiger partial charge on any atom is 0.305 e. The molecule has 0 bridgehead atoms. The van der Waals surface area contributed by atoms with Gasteiger partial charge in [0.15, 0.2) is 0 Å². The van der Waals surface area contributed by atoms with E-state index in [0.717, 1.165) is 44.9 Å². The van der Waals surface area contributed by atoms with Gasteiger partial charge in [-0.3, -0.25) is 9.59 Å². The van der Waals surface area contributed by atoms with Gasteiger partial charge in [0.2, 0.25) is 5.91 Å². The van der Waals surface area contributed by atoms with Crippen LogP contribution in [0.1, 0.15) is 418 Å². The van der Waals surface area contributed by atoms with E-state index in [9.17, 15) is 19.8 Å². The number of aliphatic hydroxyl groups excluding tert-OH is 2. The Morgan fingerprint density at radius 2 is 0.580 bits per heavy atom. The molecule has 3 N–H and O–H groups in total. The molecule has 0 rings (SSSR count). The summed E-state index contributed by atoms with van der Waals surface area (Å²) in [5, 5.41) is 23.4. The average molecular weight is 1140 g/mol. The Morgan fingerprint density at radius 1 is 0.333 bits per heavy atom. The smallest absolute Gasteiger partial charge is 0.305 e. The molecule has 0 aliphatic rings. The van der Waals surface area contributed by atoms with Gasteiger partial charge in [-0.25, -0.2) is 0 Å². The number of carbonyl (C=O) groups is 2. The van der Waals surface area contributed by atoms with Crippen molar-refractivity contribution in [2.75, 3.05) is 13.2 Å². The monoisotopic (exact) mass is 1140 g/mol. The minimum absolute atomic E-state index is 0.0106. The van der Waals surface area contributed by atoms with Crippen LogP contribution < -0.4 is 5.32 Å². The second-order valence-electron chi connectivity index (χ2n) is 25.6. The van der Waals surface area contributed by atoms with Crippen LogP contribution in [-0.2, 0) is 14.3 Å². The quantitative estimate of drug-likeness (QED) is 0.0320. The molecule has 81 heavy (non-hydrogen) atoms. The highest BCUT2D eigenvalue weighted by molar-refractivity contribution is 5.76. The average Bonchev–Trinajstić information content (AvgIpc) is 3.47. The Morgan fingerprint density at radius 3 is 0.877 bits per heavy atom. The van der Waals surface area contributed by atoms with Crippen LogP contribution in [0.15, 0.2) is 24.3 Å². The van der Waals surface area contributed by atoms with E-state index in [0.29, 0.717) is 25.9 Å². The molecule has 2 unspecified atom stereocenters. The lowest BCUT2D eigenvalue weighted by molar-refractivity contribution is -0.143. The van der Waals surface area contributed by atoms with Gasteiger partial charge in [-0.15, -0.1) is 0 Å². The third-order valence-electron chi connectivity index (χ3n) is 17.5. The number of hydrogen-bond acceptors (Lipinski definition) is 5. The first-order valence-electron chi connectivity index (χ1n) is 37.1. The zero-order valence-corrected chi connectivity index (χ0v) is 55.0. The maximum atomic E-state index is 12.5. The number of nitrogens with one attached hydrogen (secondary N) is 1. The molecule has 2 atom stereocenters. The lowest BCUT2D eigenvalue weighted by Crippen LogP contribution is -2.45. The van der Waals surface area contributed by atoms with Crippen LogP contribution >= 0.6 is 0 Å². The molecule has 0 aliphatic heterocycles. The third kappa shape index (κ3) is 67.3. The molecule has 1 amide bonds. The summed E-state index contributed by atoms with van der Waals surface area (Å²) in [4.78, 5) is 24.6. The summed E-state index contributed by atoms with van der Waals surface area (Å²) in [6.07, 6.45) is 89.6. The molecule has 6 nitrogen and oxygen atoms in total. The number of rotatable bonds is 70. The summed E-state index contributed by atoms with van der Waals surface area (Å²) in [6, 6.07) is -0.541. The second-order valence-corrected chi connectivity index (χ2v) is 25.6. The minimum Gasteiger partial charge on any atom is -0.466 e. The molecule has 0 saturated heterocycles. The fourth-order valence-electron chi connectivity index (χ4n) is 11.8. The van der Waals surface area contributed by atoms with Gasteiger partial charge in [0.1, 0.15) is 0 Å². The summed E-state index contributed by atoms with van der Waals surface area (Å²) in [5.41, 5.74) is 0. The van der Waals surface area contributed by atoms with Crippen molar-refractivity contribution in [3.8, 4) is 0 Å². The van der Waals surface area contributed by atoms with Crippen LogP contribution in [0.2, 0.25) is 0 Å². The molecule has 0 radical (unpaired) electrons. The van der Waals surface area contributed by atoms with Crippen molar-refractivity contribution in [1.82, 2.24) is 5.32 Å². The number of esters is 1. The number of allylic oxidation sites excluding steroid dienone is 4. The zero-order chi connectivity index (χ0) is 58.5. The Bertz CT molecular complexity index is 1270. The van der Waals surface area contributed by atoms with Gasteiger partial charge in [-0.1, -0.05) is 353 Å². The van der Waals surface area contributed by atoms with Crippen molar-refractivity contribution in [2.45, 2.75) is 431 Å². The molecule has 0 spiro atoms. The van der Waals surface area contributed by atoms with Crippen molar-refractivity contribution >= 4 is 11.9 Å². The summed E-state index contributed by atoms with van der Waals surface area (Å²) < 4.78 is 5.50. The van der Waals surface area contributed by atoms with Gasteiger partial charge in [-0.05, 0) is 77.0 Å². The van der Waals surface area contributed by atoms with Gasteiger partial charge in [0.25, 0.3) is 0 Å². The molecule has 0 saturated carbocycles. The zero-order valence-electron chi connectivity index (χ0n) is 55.0. The molecule has 480 valence electrons. The number of carbonyl (C=O) groups excluding carboxylic acids is 2. The summed E-state index contributed by atoms with van der Waals surface area (Å²) >= 11 is 0. The lowest BCUT2D eigenvalue weighted by Gasteiger charge is -2.22. The van der Waals surface area contributed by atoms with E-state index in [1.165, 1.54) is 340 Å². The summed E-state index contributed by atoms with van der Waals surface area (Å²) in [7, 11) is 0. The highest BCUT2D eigenvalue weighted by Gasteiger charge is 2.20. The van der Waals surface area contributed by atoms with Gasteiger partial charge in [0, 0.05) is 12.8 Å². The fourth-order valence-corrected chi connectivity index (χ4v) is 11.8. The van der Waals surface area contributed by atoms with E-state index in [-0.39, 0.29) is 18.5 Å². The van der Waals surface area contributed by atoms with E-state index in [4.69, 9.17) is 4.74 Å². The number of hydrogen-bond donors (Lipinski definition) is 3. The van der Waals surface area contributed by atoms with E-state index in [1.807, 2.05) is 0 Å². The Balaban J connectivity index is 3.36. The largest absolute Gasteiger partial charge is 0.466 e. The van der Waals surface area contributed by atoms with E-state index >= 15 is 0 Å². The maximum absolute atomic E-state index is 12.5. The first kappa shape index (κ1) is 79.3. The highest BCUT2D eigenvalue weighted by Crippen LogP contribution is 2.19. The number of ether oxygens (including phenoxy) is 1. The number of amides is 1. The van der Waals surface area contributed by atoms with Crippen molar-refractivity contribution in [2.24, 2.45) is 0 Å². The Labute approximate surface area is 507 Å². The molecule has 0 heterocycles. The summed E-state index contributed by atoms with van der Waals surface area (Å²) in [6.45, 7) is 4.99. The number of aliphatic hydroxyl groups is 2. The van der Waals surface area contributed by atoms with Crippen LogP contribution in [-0.4, -0.2) is 47.4 Å². The van der Waals surface area contributed by atoms with Crippen molar-refractivity contribution in [3.63, 3.8) is 0 Å². The molecule has 0 aliphatic carbocycles. The highest BCUT2D eigenvalue weighted by atomic mass is 16.5. The van der Waals surface area contributed by atoms with Crippen LogP contribution in [0.4, 0.5) is 0 Å². The fraction of sp³-hybridized carbons (Fsp3) is 0.920. The second kappa shape index (κ2) is 70.8. The Kier molecular flexibility index (Phi) is 69.4. The molecule has 0 aromatic carbocycles. The Hall–Kier alpha value is -1.66. The minimum atomic E-state index is -0.664.